The highest BCUT2D eigenvalue weighted by Crippen LogP contribution is 2.37. The summed E-state index contributed by atoms with van der Waals surface area (Å²) in [6.07, 6.45) is 2.30. The second-order valence-corrected chi connectivity index (χ2v) is 10.8. The van der Waals surface area contributed by atoms with Gasteiger partial charge in [0.05, 0.1) is 5.39 Å². The van der Waals surface area contributed by atoms with Gasteiger partial charge in [-0.1, -0.05) is 24.3 Å². The minimum atomic E-state index is -0.449. The first-order valence-corrected chi connectivity index (χ1v) is 13.0. The molecule has 0 spiro atoms. The van der Waals surface area contributed by atoms with Gasteiger partial charge in [0.25, 0.3) is 0 Å². The van der Waals surface area contributed by atoms with E-state index in [-0.39, 0.29) is 11.4 Å². The topological polar surface area (TPSA) is 80.7 Å². The molecule has 3 fully saturated rings. The molecule has 0 radical (unpaired) electrons. The zero-order chi connectivity index (χ0) is 25.3. The Hall–Kier alpha value is -3.56. The summed E-state index contributed by atoms with van der Waals surface area (Å²) in [5, 5.41) is 16.3. The second kappa shape index (κ2) is 8.49. The summed E-state index contributed by atoms with van der Waals surface area (Å²) in [5.41, 5.74) is 1.21. The van der Waals surface area contributed by atoms with Crippen LogP contribution < -0.4 is 15.1 Å². The molecule has 2 bridgehead atoms. The fourth-order valence-electron chi connectivity index (χ4n) is 5.98. The van der Waals surface area contributed by atoms with E-state index in [0.717, 1.165) is 55.6 Å². The van der Waals surface area contributed by atoms with Gasteiger partial charge in [-0.25, -0.2) is 9.37 Å². The highest BCUT2D eigenvalue weighted by molar-refractivity contribution is 5.99. The van der Waals surface area contributed by atoms with Crippen LogP contribution in [0.25, 0.3) is 33.1 Å². The second-order valence-electron chi connectivity index (χ2n) is 10.8. The van der Waals surface area contributed by atoms with Crippen LogP contribution in [0.1, 0.15) is 12.8 Å². The van der Waals surface area contributed by atoms with E-state index in [1.165, 1.54) is 6.07 Å². The smallest absolute Gasteiger partial charge is 0.229 e. The number of likely N-dealkylation sites (N-methyl/N-ethyl adjacent to an activating group) is 1. The van der Waals surface area contributed by atoms with Crippen LogP contribution in [0.5, 0.6) is 5.75 Å². The fourth-order valence-corrected chi connectivity index (χ4v) is 5.98. The molecular formula is C28H30FN7O. The predicted octanol–water partition coefficient (Wildman–Crippen LogP) is 3.38. The first-order chi connectivity index (χ1) is 17.9. The summed E-state index contributed by atoms with van der Waals surface area (Å²) in [4.78, 5) is 21.3. The van der Waals surface area contributed by atoms with Gasteiger partial charge in [-0.3, -0.25) is 0 Å². The average Bonchev–Trinajstić information content (AvgIpc) is 3.19. The van der Waals surface area contributed by atoms with Crippen LogP contribution in [-0.2, 0) is 0 Å². The summed E-state index contributed by atoms with van der Waals surface area (Å²) in [5.74, 6) is 1.02. The molecule has 8 nitrogen and oxygen atoms in total. The van der Waals surface area contributed by atoms with Crippen molar-refractivity contribution in [3.8, 4) is 17.0 Å². The van der Waals surface area contributed by atoms with Crippen molar-refractivity contribution in [3.63, 3.8) is 0 Å². The number of nitrogens with zero attached hydrogens (tertiary/aromatic N) is 6. The quantitative estimate of drug-likeness (QED) is 0.443. The predicted molar refractivity (Wildman–Crippen MR) is 144 cm³/mol. The van der Waals surface area contributed by atoms with Crippen molar-refractivity contribution in [3.05, 3.63) is 48.3 Å². The highest BCUT2D eigenvalue weighted by atomic mass is 19.1. The minimum absolute atomic E-state index is 0.0747. The molecule has 0 amide bonds. The van der Waals surface area contributed by atoms with Crippen LogP contribution in [0.15, 0.2) is 42.5 Å². The van der Waals surface area contributed by atoms with Gasteiger partial charge >= 0.3 is 0 Å². The molecule has 4 aromatic rings. The van der Waals surface area contributed by atoms with Crippen LogP contribution in [0.3, 0.4) is 0 Å². The standard InChI is InChI=1S/C28H30FN7O/c1-34(2)19-14-36(15-19)28-32-26-23(27(33-28)35-12-17-7-8-18(13-35)30-17)11-24(29)25(31-26)22-10-20(37)9-16-5-3-4-6-21(16)22/h3-6,9-11,17-19,30,37H,7-8,12-15H2,1-2H3. The van der Waals surface area contributed by atoms with Crippen molar-refractivity contribution >= 4 is 33.6 Å². The van der Waals surface area contributed by atoms with Gasteiger partial charge in [-0.2, -0.15) is 9.97 Å². The van der Waals surface area contributed by atoms with E-state index >= 15 is 4.39 Å². The first-order valence-electron chi connectivity index (χ1n) is 13.0. The number of phenolic OH excluding ortho intramolecular Hbond substituents is 1. The molecule has 7 rings (SSSR count). The van der Waals surface area contributed by atoms with E-state index in [1.807, 2.05) is 24.3 Å². The number of hydrogen-bond donors (Lipinski definition) is 2. The number of halogens is 1. The molecule has 2 atom stereocenters. The molecule has 5 heterocycles. The van der Waals surface area contributed by atoms with Gasteiger partial charge < -0.3 is 25.1 Å². The number of anilines is 2. The molecule has 3 aliphatic heterocycles. The third-order valence-electron chi connectivity index (χ3n) is 8.10. The molecule has 2 aromatic carbocycles. The van der Waals surface area contributed by atoms with Crippen LogP contribution in [0.4, 0.5) is 16.2 Å². The molecular weight excluding hydrogens is 469 g/mol. The molecule has 3 aliphatic rings. The van der Waals surface area contributed by atoms with E-state index in [0.29, 0.717) is 40.7 Å². The van der Waals surface area contributed by atoms with E-state index in [1.54, 1.807) is 12.1 Å². The SMILES string of the molecule is CN(C)C1CN(c2nc(N3CC4CCC(C3)N4)c3cc(F)c(-c4cc(O)cc5ccccc45)nc3n2)C1. The average molecular weight is 500 g/mol. The summed E-state index contributed by atoms with van der Waals surface area (Å²) in [7, 11) is 4.17. The normalized spacial score (nSPS) is 21.8. The van der Waals surface area contributed by atoms with Crippen LogP contribution in [0.2, 0.25) is 0 Å². The van der Waals surface area contributed by atoms with Crippen molar-refractivity contribution in [2.45, 2.75) is 31.0 Å². The Balaban J connectivity index is 1.39. The minimum Gasteiger partial charge on any atom is -0.508 e. The number of phenols is 1. The van der Waals surface area contributed by atoms with Gasteiger partial charge in [0.1, 0.15) is 23.1 Å². The number of nitrogens with one attached hydrogen (secondary N) is 1. The van der Waals surface area contributed by atoms with Gasteiger partial charge in [0.15, 0.2) is 5.65 Å². The Morgan fingerprint density at radius 3 is 2.43 bits per heavy atom. The largest absolute Gasteiger partial charge is 0.508 e. The number of rotatable bonds is 4. The Labute approximate surface area is 214 Å². The molecule has 0 saturated carbocycles. The van der Waals surface area contributed by atoms with Crippen LogP contribution in [-0.4, -0.2) is 83.4 Å². The lowest BCUT2D eigenvalue weighted by atomic mass is 10.0. The van der Waals surface area contributed by atoms with Crippen molar-refractivity contribution in [2.24, 2.45) is 0 Å². The summed E-state index contributed by atoms with van der Waals surface area (Å²) in [6, 6.07) is 13.7. The lowest BCUT2D eigenvalue weighted by molar-refractivity contribution is 0.245. The number of fused-ring (bicyclic) bond motifs is 4. The Bertz CT molecular complexity index is 1510. The van der Waals surface area contributed by atoms with Gasteiger partial charge in [0.2, 0.25) is 5.95 Å². The Morgan fingerprint density at radius 1 is 0.919 bits per heavy atom. The third kappa shape index (κ3) is 3.84. The van der Waals surface area contributed by atoms with Crippen molar-refractivity contribution in [2.75, 3.05) is 50.1 Å². The van der Waals surface area contributed by atoms with E-state index in [9.17, 15) is 5.11 Å². The van der Waals surface area contributed by atoms with Gasteiger partial charge in [0, 0.05) is 49.9 Å². The molecule has 9 heteroatoms. The van der Waals surface area contributed by atoms with Crippen molar-refractivity contribution < 1.29 is 9.50 Å². The molecule has 2 aromatic heterocycles. The summed E-state index contributed by atoms with van der Waals surface area (Å²) < 4.78 is 15.8. The van der Waals surface area contributed by atoms with Crippen LogP contribution >= 0.6 is 0 Å². The van der Waals surface area contributed by atoms with Crippen molar-refractivity contribution in [1.29, 1.82) is 0 Å². The number of aromatic hydroxyl groups is 1. The number of pyridine rings is 1. The van der Waals surface area contributed by atoms with Gasteiger partial charge in [-0.05, 0) is 55.9 Å². The lowest BCUT2D eigenvalue weighted by Gasteiger charge is -2.43. The maximum absolute atomic E-state index is 15.8. The first kappa shape index (κ1) is 22.6. The maximum atomic E-state index is 15.8. The van der Waals surface area contributed by atoms with E-state index in [2.05, 4.69) is 34.1 Å². The molecule has 37 heavy (non-hydrogen) atoms. The number of aromatic nitrogens is 3. The zero-order valence-corrected chi connectivity index (χ0v) is 21.0. The Morgan fingerprint density at radius 2 is 1.68 bits per heavy atom. The lowest BCUT2D eigenvalue weighted by Crippen LogP contribution is -2.58. The van der Waals surface area contributed by atoms with Crippen LogP contribution in [0, 0.1) is 5.82 Å². The molecule has 2 N–H and O–H groups in total. The van der Waals surface area contributed by atoms with E-state index < -0.39 is 5.82 Å². The third-order valence-corrected chi connectivity index (χ3v) is 8.10. The Kier molecular flexibility index (Phi) is 5.19. The number of piperazine rings is 1. The molecule has 2 unspecified atom stereocenters. The van der Waals surface area contributed by atoms with Gasteiger partial charge in [-0.15, -0.1) is 0 Å². The number of benzene rings is 2. The van der Waals surface area contributed by atoms with Crippen molar-refractivity contribution in [1.82, 2.24) is 25.2 Å². The van der Waals surface area contributed by atoms with E-state index in [4.69, 9.17) is 15.0 Å². The summed E-state index contributed by atoms with van der Waals surface area (Å²) in [6.45, 7) is 3.36. The molecule has 190 valence electrons. The monoisotopic (exact) mass is 499 g/mol. The molecule has 3 saturated heterocycles. The maximum Gasteiger partial charge on any atom is 0.229 e. The number of hydrogen-bond acceptors (Lipinski definition) is 8. The molecule has 0 aliphatic carbocycles. The summed E-state index contributed by atoms with van der Waals surface area (Å²) >= 11 is 0. The zero-order valence-electron chi connectivity index (χ0n) is 21.0. The highest BCUT2D eigenvalue weighted by Gasteiger charge is 2.35. The fraction of sp³-hybridized carbons (Fsp3) is 0.393.